The lowest BCUT2D eigenvalue weighted by molar-refractivity contribution is 0.290. The van der Waals surface area contributed by atoms with Crippen LogP contribution in [0.1, 0.15) is 11.1 Å². The highest BCUT2D eigenvalue weighted by Crippen LogP contribution is 2.23. The molecule has 0 saturated heterocycles. The average Bonchev–Trinajstić information content (AvgIpc) is 2.38. The molecule has 0 aliphatic rings. The van der Waals surface area contributed by atoms with Crippen LogP contribution in [0, 0.1) is 11.6 Å². The Morgan fingerprint density at radius 1 is 1.20 bits per heavy atom. The predicted molar refractivity (Wildman–Crippen MR) is 80.7 cm³/mol. The molecule has 6 heteroatoms. The minimum atomic E-state index is -0.488. The fourth-order valence-corrected chi connectivity index (χ4v) is 2.17. The number of benzene rings is 2. The lowest BCUT2D eigenvalue weighted by Gasteiger charge is -2.11. The molecule has 0 aromatic heterocycles. The molecule has 0 unspecified atom stereocenters. The van der Waals surface area contributed by atoms with E-state index in [-0.39, 0.29) is 17.3 Å². The van der Waals surface area contributed by atoms with Gasteiger partial charge in [0.05, 0.1) is 0 Å². The summed E-state index contributed by atoms with van der Waals surface area (Å²) in [6.07, 6.45) is 0. The van der Waals surface area contributed by atoms with E-state index in [0.717, 1.165) is 0 Å². The third-order valence-corrected chi connectivity index (χ3v) is 3.33. The lowest BCUT2D eigenvalue weighted by Crippen LogP contribution is -2.14. The zero-order chi connectivity index (χ0) is 14.7. The van der Waals surface area contributed by atoms with Gasteiger partial charge in [-0.1, -0.05) is 34.2 Å². The molecule has 0 amide bonds. The maximum absolute atomic E-state index is 13.6. The normalized spacial score (nSPS) is 10.3. The molecule has 2 rings (SSSR count). The van der Waals surface area contributed by atoms with Crippen LogP contribution in [0.2, 0.25) is 0 Å². The summed E-state index contributed by atoms with van der Waals surface area (Å²) < 4.78 is 32.8. The summed E-state index contributed by atoms with van der Waals surface area (Å²) in [5.74, 6) is -0.823. The van der Waals surface area contributed by atoms with Gasteiger partial charge in [-0.05, 0) is 35.9 Å². The molecule has 0 aliphatic heterocycles. The van der Waals surface area contributed by atoms with Crippen LogP contribution in [-0.2, 0) is 6.61 Å². The number of thiocarbonyl (C=S) groups is 1. The molecule has 0 bridgehead atoms. The number of nitrogens with two attached hydrogens (primary N) is 1. The quantitative estimate of drug-likeness (QED) is 0.841. The maximum atomic E-state index is 13.6. The van der Waals surface area contributed by atoms with E-state index in [1.54, 1.807) is 6.07 Å². The molecular weight excluding hydrogens is 348 g/mol. The third-order valence-electron chi connectivity index (χ3n) is 2.61. The van der Waals surface area contributed by atoms with Crippen molar-refractivity contribution in [1.29, 1.82) is 0 Å². The van der Waals surface area contributed by atoms with E-state index in [1.807, 2.05) is 0 Å². The minimum absolute atomic E-state index is 0.0471. The zero-order valence-corrected chi connectivity index (χ0v) is 12.6. The molecule has 20 heavy (non-hydrogen) atoms. The van der Waals surface area contributed by atoms with Crippen molar-refractivity contribution in [2.75, 3.05) is 0 Å². The van der Waals surface area contributed by atoms with Crippen LogP contribution >= 0.6 is 28.1 Å². The Morgan fingerprint density at radius 2 is 1.95 bits per heavy atom. The van der Waals surface area contributed by atoms with Gasteiger partial charge in [0.2, 0.25) is 0 Å². The third kappa shape index (κ3) is 3.52. The van der Waals surface area contributed by atoms with Crippen molar-refractivity contribution in [1.82, 2.24) is 0 Å². The summed E-state index contributed by atoms with van der Waals surface area (Å²) >= 11 is 8.02. The minimum Gasteiger partial charge on any atom is -0.486 e. The van der Waals surface area contributed by atoms with Gasteiger partial charge >= 0.3 is 0 Å². The summed E-state index contributed by atoms with van der Waals surface area (Å²) in [5.41, 5.74) is 6.52. The Morgan fingerprint density at radius 3 is 2.60 bits per heavy atom. The van der Waals surface area contributed by atoms with Crippen molar-refractivity contribution >= 4 is 33.1 Å². The molecule has 0 fully saturated rings. The van der Waals surface area contributed by atoms with Gasteiger partial charge in [-0.25, -0.2) is 8.78 Å². The predicted octanol–water partition coefficient (Wildman–Crippen LogP) is 3.94. The Kier molecular flexibility index (Phi) is 4.67. The fourth-order valence-electron chi connectivity index (χ4n) is 1.65. The summed E-state index contributed by atoms with van der Waals surface area (Å²) in [7, 11) is 0. The van der Waals surface area contributed by atoms with Crippen molar-refractivity contribution in [3.8, 4) is 5.75 Å². The molecule has 0 atom stereocenters. The van der Waals surface area contributed by atoms with Crippen molar-refractivity contribution in [3.05, 3.63) is 63.6 Å². The van der Waals surface area contributed by atoms with E-state index in [0.29, 0.717) is 15.6 Å². The van der Waals surface area contributed by atoms with E-state index in [1.165, 1.54) is 30.3 Å². The second-order valence-corrected chi connectivity index (χ2v) is 5.38. The van der Waals surface area contributed by atoms with E-state index in [4.69, 9.17) is 22.7 Å². The van der Waals surface area contributed by atoms with E-state index >= 15 is 0 Å². The molecular formula is C14H10BrF2NOS. The van der Waals surface area contributed by atoms with Crippen molar-refractivity contribution in [3.63, 3.8) is 0 Å². The topological polar surface area (TPSA) is 35.2 Å². The van der Waals surface area contributed by atoms with E-state index in [2.05, 4.69) is 15.9 Å². The molecule has 2 aromatic rings. The van der Waals surface area contributed by atoms with Gasteiger partial charge in [0.1, 0.15) is 17.4 Å². The number of hydrogen-bond donors (Lipinski definition) is 1. The molecule has 0 aliphatic carbocycles. The fraction of sp³-hybridized carbons (Fsp3) is 0.0714. The Labute approximate surface area is 128 Å². The monoisotopic (exact) mass is 357 g/mol. The van der Waals surface area contributed by atoms with Crippen molar-refractivity contribution in [2.24, 2.45) is 5.73 Å². The summed E-state index contributed by atoms with van der Waals surface area (Å²) in [5, 5.41) is 0. The van der Waals surface area contributed by atoms with Gasteiger partial charge in [0.15, 0.2) is 11.6 Å². The van der Waals surface area contributed by atoms with Crippen LogP contribution in [0.4, 0.5) is 8.78 Å². The highest BCUT2D eigenvalue weighted by molar-refractivity contribution is 9.10. The molecule has 0 spiro atoms. The number of rotatable bonds is 4. The summed E-state index contributed by atoms with van der Waals surface area (Å²) in [4.78, 5) is 0.0689. The molecule has 0 heterocycles. The Hall–Kier alpha value is -1.53. The van der Waals surface area contributed by atoms with Crippen LogP contribution in [0.5, 0.6) is 5.75 Å². The van der Waals surface area contributed by atoms with Gasteiger partial charge in [-0.15, -0.1) is 0 Å². The molecule has 104 valence electrons. The average molecular weight is 358 g/mol. The largest absolute Gasteiger partial charge is 0.486 e. The Bertz CT molecular complexity index is 664. The van der Waals surface area contributed by atoms with Crippen LogP contribution < -0.4 is 10.5 Å². The van der Waals surface area contributed by atoms with Crippen molar-refractivity contribution < 1.29 is 13.5 Å². The van der Waals surface area contributed by atoms with E-state index in [9.17, 15) is 8.78 Å². The highest BCUT2D eigenvalue weighted by atomic mass is 79.9. The van der Waals surface area contributed by atoms with Gasteiger partial charge < -0.3 is 10.5 Å². The number of hydrogen-bond acceptors (Lipinski definition) is 2. The summed E-state index contributed by atoms with van der Waals surface area (Å²) in [6.45, 7) is 0.0471. The molecule has 2 N–H and O–H groups in total. The maximum Gasteiger partial charge on any atom is 0.166 e. The first-order valence-electron chi connectivity index (χ1n) is 5.63. The van der Waals surface area contributed by atoms with Crippen LogP contribution in [-0.4, -0.2) is 4.99 Å². The first kappa shape index (κ1) is 14.9. The highest BCUT2D eigenvalue weighted by Gasteiger charge is 2.09. The van der Waals surface area contributed by atoms with Crippen LogP contribution in [0.3, 0.4) is 0 Å². The number of halogens is 3. The SMILES string of the molecule is NC(=S)c1cc(F)ccc1COc1ccc(Br)cc1F. The lowest BCUT2D eigenvalue weighted by atomic mass is 10.1. The standard InChI is InChI=1S/C14H10BrF2NOS/c15-9-2-4-13(12(17)5-9)19-7-8-1-3-10(16)6-11(8)14(18)20/h1-6H,7H2,(H2,18,20). The van der Waals surface area contributed by atoms with Crippen molar-refractivity contribution in [2.45, 2.75) is 6.61 Å². The van der Waals surface area contributed by atoms with Gasteiger partial charge in [-0.2, -0.15) is 0 Å². The molecule has 0 saturated carbocycles. The Balaban J connectivity index is 2.20. The van der Waals surface area contributed by atoms with Gasteiger partial charge in [0.25, 0.3) is 0 Å². The zero-order valence-electron chi connectivity index (χ0n) is 10.2. The summed E-state index contributed by atoms with van der Waals surface area (Å²) in [6, 6.07) is 8.49. The van der Waals surface area contributed by atoms with Gasteiger partial charge in [0, 0.05) is 10.0 Å². The molecule has 2 nitrogen and oxygen atoms in total. The molecule has 0 radical (unpaired) electrons. The van der Waals surface area contributed by atoms with Crippen LogP contribution in [0.15, 0.2) is 40.9 Å². The second-order valence-electron chi connectivity index (χ2n) is 4.03. The van der Waals surface area contributed by atoms with E-state index < -0.39 is 11.6 Å². The number of ether oxygens (including phenoxy) is 1. The molecule has 2 aromatic carbocycles. The first-order chi connectivity index (χ1) is 9.47. The second kappa shape index (κ2) is 6.28. The van der Waals surface area contributed by atoms with Gasteiger partial charge in [-0.3, -0.25) is 0 Å². The first-order valence-corrected chi connectivity index (χ1v) is 6.83. The van der Waals surface area contributed by atoms with Crippen LogP contribution in [0.25, 0.3) is 0 Å². The smallest absolute Gasteiger partial charge is 0.166 e.